The Morgan fingerprint density at radius 1 is 0.889 bits per heavy atom. The van der Waals surface area contributed by atoms with Crippen molar-refractivity contribution in [2.24, 2.45) is 0 Å². The van der Waals surface area contributed by atoms with E-state index in [-0.39, 0.29) is 43.4 Å². The number of thiophene rings is 1. The Balaban J connectivity index is 1.49. The minimum Gasteiger partial charge on any atom is -0.339 e. The lowest BCUT2D eigenvalue weighted by molar-refractivity contribution is -0.139. The Morgan fingerprint density at radius 3 is 2.14 bits per heavy atom. The average molecular weight is 526 g/mol. The third-order valence-electron chi connectivity index (χ3n) is 6.03. The number of amides is 3. The molecule has 1 atom stereocenters. The highest BCUT2D eigenvalue weighted by Gasteiger charge is 2.39. The van der Waals surface area contributed by atoms with Crippen LogP contribution in [0.25, 0.3) is 0 Å². The lowest BCUT2D eigenvalue weighted by Crippen LogP contribution is -2.58. The summed E-state index contributed by atoms with van der Waals surface area (Å²) in [6, 6.07) is 18.8. The molecule has 1 aliphatic rings. The first-order chi connectivity index (χ1) is 17.3. The van der Waals surface area contributed by atoms with Gasteiger partial charge in [-0.25, -0.2) is 8.42 Å². The SMILES string of the molecule is Cc1ccc(S(=O)(=O)[C@@H](NC(=O)c2cccs2)C(=O)N2CCN(C(=O)Cc3ccccc3)CC2)cc1. The molecule has 0 spiro atoms. The lowest BCUT2D eigenvalue weighted by atomic mass is 10.1. The number of hydrogen-bond donors (Lipinski definition) is 1. The van der Waals surface area contributed by atoms with Crippen molar-refractivity contribution in [1.82, 2.24) is 15.1 Å². The molecule has 2 heterocycles. The standard InChI is InChI=1S/C26H27N3O5S2/c1-19-9-11-21(12-10-19)36(33,34)25(27-24(31)22-8-5-17-35-22)26(32)29-15-13-28(14-16-29)23(30)18-20-6-3-2-4-7-20/h2-12,17,25H,13-16,18H2,1H3,(H,27,31)/t25-/m1/s1. The summed E-state index contributed by atoms with van der Waals surface area (Å²) in [5.41, 5.74) is 1.78. The van der Waals surface area contributed by atoms with Gasteiger partial charge in [-0.15, -0.1) is 11.3 Å². The topological polar surface area (TPSA) is 104 Å². The van der Waals surface area contributed by atoms with Crippen LogP contribution in [0.4, 0.5) is 0 Å². The van der Waals surface area contributed by atoms with Gasteiger partial charge in [0.05, 0.1) is 16.2 Å². The van der Waals surface area contributed by atoms with E-state index < -0.39 is 27.0 Å². The van der Waals surface area contributed by atoms with Crippen molar-refractivity contribution in [1.29, 1.82) is 0 Å². The van der Waals surface area contributed by atoms with Crippen LogP contribution in [0.15, 0.2) is 77.0 Å². The van der Waals surface area contributed by atoms with Crippen molar-refractivity contribution in [3.63, 3.8) is 0 Å². The largest absolute Gasteiger partial charge is 0.339 e. The summed E-state index contributed by atoms with van der Waals surface area (Å²) in [5.74, 6) is -1.39. The molecule has 36 heavy (non-hydrogen) atoms. The number of benzene rings is 2. The molecule has 0 unspecified atom stereocenters. The lowest BCUT2D eigenvalue weighted by Gasteiger charge is -2.36. The number of carbonyl (C=O) groups excluding carboxylic acids is 3. The van der Waals surface area contributed by atoms with Crippen molar-refractivity contribution in [3.05, 3.63) is 88.1 Å². The van der Waals surface area contributed by atoms with Crippen LogP contribution >= 0.6 is 11.3 Å². The van der Waals surface area contributed by atoms with Gasteiger partial charge in [0.1, 0.15) is 0 Å². The summed E-state index contributed by atoms with van der Waals surface area (Å²) >= 11 is 1.16. The van der Waals surface area contributed by atoms with Crippen molar-refractivity contribution in [3.8, 4) is 0 Å². The predicted molar refractivity (Wildman–Crippen MR) is 137 cm³/mol. The molecular formula is C26H27N3O5S2. The van der Waals surface area contributed by atoms with Gasteiger partial charge in [0.15, 0.2) is 0 Å². The van der Waals surface area contributed by atoms with E-state index in [1.807, 2.05) is 37.3 Å². The highest BCUT2D eigenvalue weighted by atomic mass is 32.2. The molecule has 0 saturated carbocycles. The van der Waals surface area contributed by atoms with E-state index in [9.17, 15) is 22.8 Å². The van der Waals surface area contributed by atoms with Gasteiger partial charge in [-0.3, -0.25) is 14.4 Å². The maximum atomic E-state index is 13.5. The molecule has 1 aromatic heterocycles. The summed E-state index contributed by atoms with van der Waals surface area (Å²) in [7, 11) is -4.22. The Bertz CT molecular complexity index is 1320. The van der Waals surface area contributed by atoms with E-state index in [2.05, 4.69) is 5.32 Å². The number of hydrogen-bond acceptors (Lipinski definition) is 6. The molecule has 3 aromatic rings. The summed E-state index contributed by atoms with van der Waals surface area (Å²) in [6.45, 7) is 2.75. The van der Waals surface area contributed by atoms with Crippen LogP contribution in [0.1, 0.15) is 20.8 Å². The first-order valence-corrected chi connectivity index (χ1v) is 13.9. The zero-order valence-electron chi connectivity index (χ0n) is 19.8. The first-order valence-electron chi connectivity index (χ1n) is 11.5. The highest BCUT2D eigenvalue weighted by molar-refractivity contribution is 7.92. The maximum Gasteiger partial charge on any atom is 0.262 e. The second kappa shape index (κ2) is 11.0. The van der Waals surface area contributed by atoms with Gasteiger partial charge in [0.2, 0.25) is 21.1 Å². The van der Waals surface area contributed by atoms with Crippen LogP contribution < -0.4 is 5.32 Å². The molecule has 3 amide bonds. The number of rotatable bonds is 7. The van der Waals surface area contributed by atoms with Crippen LogP contribution in [0.5, 0.6) is 0 Å². The molecule has 0 radical (unpaired) electrons. The minimum atomic E-state index is -4.22. The number of sulfone groups is 1. The molecule has 1 saturated heterocycles. The Morgan fingerprint density at radius 2 is 1.53 bits per heavy atom. The van der Waals surface area contributed by atoms with Crippen LogP contribution in [-0.4, -0.2) is 67.5 Å². The van der Waals surface area contributed by atoms with E-state index in [1.165, 1.54) is 17.0 Å². The van der Waals surface area contributed by atoms with Crippen LogP contribution in [0.3, 0.4) is 0 Å². The van der Waals surface area contributed by atoms with Gasteiger partial charge in [-0.05, 0) is 36.1 Å². The molecule has 10 heteroatoms. The summed E-state index contributed by atoms with van der Waals surface area (Å²) in [5, 5.41) is 2.37. The molecule has 4 rings (SSSR count). The van der Waals surface area contributed by atoms with Crippen LogP contribution in [0.2, 0.25) is 0 Å². The average Bonchev–Trinajstić information content (AvgIpc) is 3.43. The monoisotopic (exact) mass is 525 g/mol. The highest BCUT2D eigenvalue weighted by Crippen LogP contribution is 2.20. The molecule has 0 aliphatic carbocycles. The van der Waals surface area contributed by atoms with Crippen molar-refractivity contribution in [2.75, 3.05) is 26.2 Å². The van der Waals surface area contributed by atoms with Crippen molar-refractivity contribution >= 4 is 38.9 Å². The minimum absolute atomic E-state index is 0.0467. The number of aryl methyl sites for hydroxylation is 1. The third-order valence-corrected chi connectivity index (χ3v) is 8.77. The number of nitrogens with one attached hydrogen (secondary N) is 1. The molecule has 1 aliphatic heterocycles. The van der Waals surface area contributed by atoms with Crippen LogP contribution in [0, 0.1) is 6.92 Å². The molecule has 8 nitrogen and oxygen atoms in total. The second-order valence-electron chi connectivity index (χ2n) is 8.56. The summed E-state index contributed by atoms with van der Waals surface area (Å²) in [6.07, 6.45) is 0.260. The van der Waals surface area contributed by atoms with Crippen LogP contribution in [-0.2, 0) is 25.8 Å². The number of piperazine rings is 1. The number of carbonyl (C=O) groups is 3. The van der Waals surface area contributed by atoms with E-state index in [0.717, 1.165) is 22.5 Å². The van der Waals surface area contributed by atoms with Gasteiger partial charge < -0.3 is 15.1 Å². The fourth-order valence-corrected chi connectivity index (χ4v) is 6.05. The van der Waals surface area contributed by atoms with Gasteiger partial charge in [-0.1, -0.05) is 54.1 Å². The van der Waals surface area contributed by atoms with Gasteiger partial charge >= 0.3 is 0 Å². The molecule has 1 fully saturated rings. The fourth-order valence-electron chi connectivity index (χ4n) is 3.96. The zero-order valence-corrected chi connectivity index (χ0v) is 21.4. The maximum absolute atomic E-state index is 13.5. The normalized spacial score (nSPS) is 14.8. The van der Waals surface area contributed by atoms with E-state index in [0.29, 0.717) is 4.88 Å². The fraction of sp³-hybridized carbons (Fsp3) is 0.269. The Kier molecular flexibility index (Phi) is 7.85. The van der Waals surface area contributed by atoms with Gasteiger partial charge in [0.25, 0.3) is 11.8 Å². The first kappa shape index (κ1) is 25.6. The van der Waals surface area contributed by atoms with E-state index in [4.69, 9.17) is 0 Å². The second-order valence-corrected chi connectivity index (χ2v) is 11.5. The van der Waals surface area contributed by atoms with E-state index in [1.54, 1.807) is 34.5 Å². The Labute approximate surface area is 214 Å². The van der Waals surface area contributed by atoms with Gasteiger partial charge in [-0.2, -0.15) is 0 Å². The van der Waals surface area contributed by atoms with Gasteiger partial charge in [0, 0.05) is 26.2 Å². The predicted octanol–water partition coefficient (Wildman–Crippen LogP) is 2.50. The van der Waals surface area contributed by atoms with Crippen molar-refractivity contribution < 1.29 is 22.8 Å². The summed E-state index contributed by atoms with van der Waals surface area (Å²) in [4.78, 5) is 42.3. The smallest absolute Gasteiger partial charge is 0.262 e. The Hall–Kier alpha value is -3.50. The van der Waals surface area contributed by atoms with Crippen molar-refractivity contribution in [2.45, 2.75) is 23.6 Å². The quantitative estimate of drug-likeness (QED) is 0.511. The molecule has 188 valence electrons. The third kappa shape index (κ3) is 5.83. The molecule has 1 N–H and O–H groups in total. The molecule has 2 aromatic carbocycles. The molecule has 0 bridgehead atoms. The zero-order chi connectivity index (χ0) is 25.7. The van der Waals surface area contributed by atoms with E-state index >= 15 is 0 Å². The summed E-state index contributed by atoms with van der Waals surface area (Å²) < 4.78 is 27.0. The number of nitrogens with zero attached hydrogens (tertiary/aromatic N) is 2. The molecular weight excluding hydrogens is 498 g/mol.